The highest BCUT2D eigenvalue weighted by Crippen LogP contribution is 2.37. The molecule has 0 aliphatic rings. The van der Waals surface area contributed by atoms with Crippen LogP contribution in [0.3, 0.4) is 0 Å². The third-order valence-corrected chi connectivity index (χ3v) is 5.15. The van der Waals surface area contributed by atoms with E-state index in [2.05, 4.69) is 12.8 Å². The lowest BCUT2D eigenvalue weighted by atomic mass is 10.0. The van der Waals surface area contributed by atoms with Crippen molar-refractivity contribution in [2.24, 2.45) is 0 Å². The van der Waals surface area contributed by atoms with Gasteiger partial charge in [0.05, 0.1) is 19.0 Å². The van der Waals surface area contributed by atoms with E-state index in [0.29, 0.717) is 5.39 Å². The smallest absolute Gasteiger partial charge is 0.263 e. The van der Waals surface area contributed by atoms with Gasteiger partial charge in [-0.15, -0.1) is 17.8 Å². The van der Waals surface area contributed by atoms with E-state index in [0.717, 1.165) is 45.3 Å². The Morgan fingerprint density at radius 3 is 2.88 bits per heavy atom. The van der Waals surface area contributed by atoms with Gasteiger partial charge in [0, 0.05) is 16.9 Å². The highest BCUT2D eigenvalue weighted by Gasteiger charge is 2.19. The van der Waals surface area contributed by atoms with Crippen LogP contribution in [0.1, 0.15) is 24.0 Å². The molecule has 0 fully saturated rings. The van der Waals surface area contributed by atoms with Gasteiger partial charge < -0.3 is 4.74 Å². The molecule has 128 valence electrons. The Kier molecular flexibility index (Phi) is 4.91. The van der Waals surface area contributed by atoms with Crippen LogP contribution in [0.25, 0.3) is 21.3 Å². The lowest BCUT2D eigenvalue weighted by Crippen LogP contribution is -2.24. The number of ether oxygens (including phenoxy) is 1. The minimum atomic E-state index is -0.0615. The fraction of sp³-hybridized carbons (Fsp3) is 0.300. The number of nitrogens with zero attached hydrogens (tertiary/aromatic N) is 2. The van der Waals surface area contributed by atoms with E-state index in [9.17, 15) is 4.79 Å². The van der Waals surface area contributed by atoms with Crippen molar-refractivity contribution in [2.75, 3.05) is 7.11 Å². The fourth-order valence-electron chi connectivity index (χ4n) is 3.03. The Hall–Kier alpha value is -2.58. The average molecular weight is 352 g/mol. The second kappa shape index (κ2) is 7.12. The molecule has 4 nitrogen and oxygen atoms in total. The maximum Gasteiger partial charge on any atom is 0.263 e. The summed E-state index contributed by atoms with van der Waals surface area (Å²) in [6, 6.07) is 7.75. The van der Waals surface area contributed by atoms with Gasteiger partial charge in [-0.25, -0.2) is 4.98 Å². The fourth-order valence-corrected chi connectivity index (χ4v) is 4.09. The van der Waals surface area contributed by atoms with Crippen LogP contribution >= 0.6 is 11.3 Å². The van der Waals surface area contributed by atoms with Crippen LogP contribution in [0, 0.1) is 19.3 Å². The van der Waals surface area contributed by atoms with Crippen molar-refractivity contribution in [1.29, 1.82) is 0 Å². The molecule has 0 bridgehead atoms. The molecule has 5 heteroatoms. The monoisotopic (exact) mass is 352 g/mol. The molecule has 0 saturated heterocycles. The first-order valence-corrected chi connectivity index (χ1v) is 9.03. The van der Waals surface area contributed by atoms with Crippen LogP contribution in [0.2, 0.25) is 0 Å². The molecule has 0 atom stereocenters. The average Bonchev–Trinajstić information content (AvgIpc) is 2.94. The van der Waals surface area contributed by atoms with Gasteiger partial charge >= 0.3 is 0 Å². The summed E-state index contributed by atoms with van der Waals surface area (Å²) in [5.41, 5.74) is 1.82. The third kappa shape index (κ3) is 3.06. The van der Waals surface area contributed by atoms with Gasteiger partial charge in [-0.3, -0.25) is 9.36 Å². The van der Waals surface area contributed by atoms with Gasteiger partial charge in [0.25, 0.3) is 5.56 Å². The molecule has 1 aromatic carbocycles. The molecule has 2 heterocycles. The van der Waals surface area contributed by atoms with Crippen LogP contribution in [0.5, 0.6) is 5.75 Å². The van der Waals surface area contributed by atoms with Crippen LogP contribution in [0.15, 0.2) is 29.1 Å². The zero-order valence-corrected chi connectivity index (χ0v) is 15.4. The predicted molar refractivity (Wildman–Crippen MR) is 103 cm³/mol. The lowest BCUT2D eigenvalue weighted by molar-refractivity contribution is 0.415. The zero-order chi connectivity index (χ0) is 18.0. The Morgan fingerprint density at radius 1 is 1.40 bits per heavy atom. The van der Waals surface area contributed by atoms with E-state index >= 15 is 0 Å². The van der Waals surface area contributed by atoms with Crippen LogP contribution in [-0.4, -0.2) is 16.7 Å². The van der Waals surface area contributed by atoms with Crippen molar-refractivity contribution < 1.29 is 4.74 Å². The van der Waals surface area contributed by atoms with Crippen LogP contribution in [0.4, 0.5) is 0 Å². The summed E-state index contributed by atoms with van der Waals surface area (Å²) in [6.07, 6.45) is 7.13. The molecule has 3 aromatic rings. The summed E-state index contributed by atoms with van der Waals surface area (Å²) in [5.74, 6) is 4.10. The van der Waals surface area contributed by atoms with Crippen molar-refractivity contribution in [3.8, 4) is 29.2 Å². The largest absolute Gasteiger partial charge is 0.497 e. The number of aryl methyl sites for hydroxylation is 2. The maximum absolute atomic E-state index is 13.2. The Morgan fingerprint density at radius 2 is 2.20 bits per heavy atom. The Labute approximate surface area is 151 Å². The maximum atomic E-state index is 13.2. The van der Waals surface area contributed by atoms with Crippen LogP contribution < -0.4 is 10.3 Å². The van der Waals surface area contributed by atoms with E-state index in [-0.39, 0.29) is 12.1 Å². The normalized spacial score (nSPS) is 10.8. The molecule has 0 spiro atoms. The van der Waals surface area contributed by atoms with Gasteiger partial charge in [0.2, 0.25) is 0 Å². The van der Waals surface area contributed by atoms with Gasteiger partial charge in [-0.1, -0.05) is 25.0 Å². The lowest BCUT2D eigenvalue weighted by Gasteiger charge is -2.10. The molecule has 0 saturated carbocycles. The van der Waals surface area contributed by atoms with E-state index in [4.69, 9.17) is 16.1 Å². The van der Waals surface area contributed by atoms with E-state index < -0.39 is 0 Å². The van der Waals surface area contributed by atoms with Crippen molar-refractivity contribution in [3.05, 3.63) is 45.3 Å². The van der Waals surface area contributed by atoms with Crippen molar-refractivity contribution >= 4 is 21.6 Å². The van der Waals surface area contributed by atoms with Crippen molar-refractivity contribution in [1.82, 2.24) is 9.55 Å². The van der Waals surface area contributed by atoms with E-state index in [1.54, 1.807) is 23.0 Å². The summed E-state index contributed by atoms with van der Waals surface area (Å²) in [4.78, 5) is 19.8. The van der Waals surface area contributed by atoms with Crippen molar-refractivity contribution in [2.45, 2.75) is 33.2 Å². The molecule has 25 heavy (non-hydrogen) atoms. The molecule has 3 rings (SSSR count). The molecular weight excluding hydrogens is 332 g/mol. The molecule has 0 amide bonds. The Bertz CT molecular complexity index is 1020. The Balaban J connectivity index is 2.34. The number of terminal acetylenes is 1. The van der Waals surface area contributed by atoms with Gasteiger partial charge in [0.1, 0.15) is 16.4 Å². The first kappa shape index (κ1) is 17.2. The van der Waals surface area contributed by atoms with Gasteiger partial charge in [-0.05, 0) is 31.0 Å². The summed E-state index contributed by atoms with van der Waals surface area (Å²) in [5, 5.41) is 0.644. The quantitative estimate of drug-likeness (QED) is 0.651. The van der Waals surface area contributed by atoms with Crippen molar-refractivity contribution in [3.63, 3.8) is 0 Å². The van der Waals surface area contributed by atoms with Gasteiger partial charge in [0.15, 0.2) is 0 Å². The second-order valence-corrected chi connectivity index (χ2v) is 7.02. The summed E-state index contributed by atoms with van der Waals surface area (Å²) >= 11 is 1.55. The SMILES string of the molecule is C#CCn1c(CCC)nc2sc(C)c(-c3cccc(OC)c3)c2c1=O. The molecular formula is C20H20N2O2S. The third-order valence-electron chi connectivity index (χ3n) is 4.15. The number of hydrogen-bond donors (Lipinski definition) is 0. The molecule has 2 aromatic heterocycles. The minimum Gasteiger partial charge on any atom is -0.497 e. The van der Waals surface area contributed by atoms with Crippen LogP contribution in [-0.2, 0) is 13.0 Å². The number of methoxy groups -OCH3 is 1. The number of hydrogen-bond acceptors (Lipinski definition) is 4. The summed E-state index contributed by atoms with van der Waals surface area (Å²) in [7, 11) is 1.64. The number of rotatable bonds is 5. The zero-order valence-electron chi connectivity index (χ0n) is 14.6. The van der Waals surface area contributed by atoms with E-state index in [1.165, 1.54) is 0 Å². The number of benzene rings is 1. The topological polar surface area (TPSA) is 44.1 Å². The van der Waals surface area contributed by atoms with Gasteiger partial charge in [-0.2, -0.15) is 0 Å². The molecule has 0 aliphatic heterocycles. The molecule has 0 unspecified atom stereocenters. The minimum absolute atomic E-state index is 0.0615. The van der Waals surface area contributed by atoms with E-state index in [1.807, 2.05) is 31.2 Å². The standard InChI is InChI=1S/C20H20N2O2S/c1-5-8-16-21-19-18(20(23)22(16)11-6-2)17(13(3)25-19)14-9-7-10-15(12-14)24-4/h2,7,9-10,12H,5,8,11H2,1,3-4H3. The second-order valence-electron chi connectivity index (χ2n) is 5.82. The first-order chi connectivity index (χ1) is 12.1. The summed E-state index contributed by atoms with van der Waals surface area (Å²) < 4.78 is 6.95. The number of fused-ring (bicyclic) bond motifs is 1. The summed E-state index contributed by atoms with van der Waals surface area (Å²) in [6.45, 7) is 4.33. The predicted octanol–water partition coefficient (Wildman–Crippen LogP) is 4.03. The first-order valence-electron chi connectivity index (χ1n) is 8.21. The number of aromatic nitrogens is 2. The molecule has 0 radical (unpaired) electrons. The number of thiophene rings is 1. The molecule has 0 aliphatic carbocycles. The molecule has 0 N–H and O–H groups in total. The highest BCUT2D eigenvalue weighted by atomic mass is 32.1. The highest BCUT2D eigenvalue weighted by molar-refractivity contribution is 7.19.